The highest BCUT2D eigenvalue weighted by molar-refractivity contribution is 5.75. The molecule has 1 N–H and O–H groups in total. The van der Waals surface area contributed by atoms with Crippen LogP contribution in [0.5, 0.6) is 0 Å². The summed E-state index contributed by atoms with van der Waals surface area (Å²) in [6.07, 6.45) is 6.98. The number of nitrogens with one attached hydrogen (secondary N) is 1. The molecule has 0 spiro atoms. The van der Waals surface area contributed by atoms with Crippen LogP contribution >= 0.6 is 0 Å². The summed E-state index contributed by atoms with van der Waals surface area (Å²) < 4.78 is 0. The second kappa shape index (κ2) is 7.12. The molecule has 1 aromatic rings. The number of pyridine rings is 1. The maximum Gasteiger partial charge on any atom is 0.220 e. The lowest BCUT2D eigenvalue weighted by Crippen LogP contribution is -2.23. The third kappa shape index (κ3) is 4.23. The molecule has 1 aliphatic heterocycles. The van der Waals surface area contributed by atoms with Gasteiger partial charge < -0.3 is 10.2 Å². The van der Waals surface area contributed by atoms with E-state index in [1.165, 1.54) is 12.8 Å². The van der Waals surface area contributed by atoms with Crippen molar-refractivity contribution >= 4 is 11.7 Å². The summed E-state index contributed by atoms with van der Waals surface area (Å²) in [6, 6.07) is 4.06. The van der Waals surface area contributed by atoms with Gasteiger partial charge in [0.05, 0.1) is 0 Å². The minimum absolute atomic E-state index is 0.140. The standard InChI is InChI=1S/C15H23N3O/c1-2-3-6-15(19)17-12-13-7-8-16-14(11-13)18-9-4-5-10-18/h7-8,11H,2-6,9-10,12H2,1H3,(H,17,19). The number of aromatic nitrogens is 1. The molecule has 2 rings (SSSR count). The number of amides is 1. The van der Waals surface area contributed by atoms with Crippen LogP contribution in [0.1, 0.15) is 44.6 Å². The monoisotopic (exact) mass is 261 g/mol. The van der Waals surface area contributed by atoms with Gasteiger partial charge >= 0.3 is 0 Å². The normalized spacial score (nSPS) is 14.7. The van der Waals surface area contributed by atoms with E-state index in [2.05, 4.69) is 28.2 Å². The molecule has 1 fully saturated rings. The molecule has 0 aliphatic carbocycles. The van der Waals surface area contributed by atoms with E-state index < -0.39 is 0 Å². The van der Waals surface area contributed by atoms with Crippen LogP contribution in [0.25, 0.3) is 0 Å². The third-order valence-electron chi connectivity index (χ3n) is 3.49. The summed E-state index contributed by atoms with van der Waals surface area (Å²) >= 11 is 0. The minimum Gasteiger partial charge on any atom is -0.357 e. The van der Waals surface area contributed by atoms with Crippen LogP contribution in [0.3, 0.4) is 0 Å². The zero-order valence-electron chi connectivity index (χ0n) is 11.7. The number of rotatable bonds is 6. The number of nitrogens with zero attached hydrogens (tertiary/aromatic N) is 2. The van der Waals surface area contributed by atoms with Gasteiger partial charge in [-0.15, -0.1) is 0 Å². The third-order valence-corrected chi connectivity index (χ3v) is 3.49. The maximum atomic E-state index is 11.6. The van der Waals surface area contributed by atoms with Gasteiger partial charge in [0.1, 0.15) is 5.82 Å². The molecule has 0 atom stereocenters. The Hall–Kier alpha value is -1.58. The van der Waals surface area contributed by atoms with Crippen molar-refractivity contribution in [2.75, 3.05) is 18.0 Å². The van der Waals surface area contributed by atoms with Crippen molar-refractivity contribution < 1.29 is 4.79 Å². The largest absolute Gasteiger partial charge is 0.357 e. The van der Waals surface area contributed by atoms with Gasteiger partial charge in [0.25, 0.3) is 0 Å². The van der Waals surface area contributed by atoms with E-state index >= 15 is 0 Å². The molecular weight excluding hydrogens is 238 g/mol. The predicted octanol–water partition coefficient (Wildman–Crippen LogP) is 2.49. The minimum atomic E-state index is 0.140. The van der Waals surface area contributed by atoms with Crippen LogP contribution in [-0.2, 0) is 11.3 Å². The van der Waals surface area contributed by atoms with Gasteiger partial charge in [-0.2, -0.15) is 0 Å². The molecule has 0 radical (unpaired) electrons. The fourth-order valence-electron chi connectivity index (χ4n) is 2.32. The summed E-state index contributed by atoms with van der Waals surface area (Å²) in [7, 11) is 0. The Bertz CT molecular complexity index is 414. The van der Waals surface area contributed by atoms with Crippen molar-refractivity contribution in [2.45, 2.75) is 45.6 Å². The van der Waals surface area contributed by atoms with E-state index in [-0.39, 0.29) is 5.91 Å². The van der Waals surface area contributed by atoms with Gasteiger partial charge in [-0.1, -0.05) is 13.3 Å². The highest BCUT2D eigenvalue weighted by atomic mass is 16.1. The van der Waals surface area contributed by atoms with Crippen molar-refractivity contribution in [1.82, 2.24) is 10.3 Å². The predicted molar refractivity (Wildman–Crippen MR) is 77.1 cm³/mol. The van der Waals surface area contributed by atoms with Crippen LogP contribution in [0.2, 0.25) is 0 Å². The van der Waals surface area contributed by atoms with Gasteiger partial charge in [-0.25, -0.2) is 4.98 Å². The second-order valence-corrected chi connectivity index (χ2v) is 5.10. The summed E-state index contributed by atoms with van der Waals surface area (Å²) in [4.78, 5) is 18.3. The molecule has 1 amide bonds. The van der Waals surface area contributed by atoms with E-state index in [0.29, 0.717) is 13.0 Å². The van der Waals surface area contributed by atoms with Crippen molar-refractivity contribution in [3.63, 3.8) is 0 Å². The molecule has 1 aliphatic rings. The molecule has 19 heavy (non-hydrogen) atoms. The lowest BCUT2D eigenvalue weighted by molar-refractivity contribution is -0.121. The van der Waals surface area contributed by atoms with Crippen LogP contribution in [0, 0.1) is 0 Å². The average Bonchev–Trinajstić information content (AvgIpc) is 2.97. The van der Waals surface area contributed by atoms with Crippen LogP contribution in [0.15, 0.2) is 18.3 Å². The number of carbonyl (C=O) groups excluding carboxylic acids is 1. The number of hydrogen-bond acceptors (Lipinski definition) is 3. The Kier molecular flexibility index (Phi) is 5.19. The van der Waals surface area contributed by atoms with Gasteiger partial charge in [0.15, 0.2) is 0 Å². The SMILES string of the molecule is CCCCC(=O)NCc1ccnc(N2CCCC2)c1. The van der Waals surface area contributed by atoms with Crippen molar-refractivity contribution in [2.24, 2.45) is 0 Å². The molecule has 2 heterocycles. The number of carbonyl (C=O) groups is 1. The maximum absolute atomic E-state index is 11.6. The summed E-state index contributed by atoms with van der Waals surface area (Å²) in [6.45, 7) is 4.89. The molecule has 1 aromatic heterocycles. The van der Waals surface area contributed by atoms with Crippen molar-refractivity contribution in [1.29, 1.82) is 0 Å². The van der Waals surface area contributed by atoms with E-state index in [1.807, 2.05) is 12.3 Å². The number of anilines is 1. The highest BCUT2D eigenvalue weighted by Gasteiger charge is 2.13. The Labute approximate surface area is 115 Å². The van der Waals surface area contributed by atoms with E-state index in [4.69, 9.17) is 0 Å². The first-order valence-electron chi connectivity index (χ1n) is 7.26. The topological polar surface area (TPSA) is 45.2 Å². The molecule has 104 valence electrons. The number of hydrogen-bond donors (Lipinski definition) is 1. The molecular formula is C15H23N3O. The number of unbranched alkanes of at least 4 members (excludes halogenated alkanes) is 1. The summed E-state index contributed by atoms with van der Waals surface area (Å²) in [5.74, 6) is 1.18. The zero-order chi connectivity index (χ0) is 13.5. The van der Waals surface area contributed by atoms with E-state index in [0.717, 1.165) is 37.3 Å². The first-order chi connectivity index (χ1) is 9.29. The molecule has 1 saturated heterocycles. The van der Waals surface area contributed by atoms with Crippen LogP contribution < -0.4 is 10.2 Å². The van der Waals surface area contributed by atoms with Gasteiger partial charge in [-0.05, 0) is 37.0 Å². The van der Waals surface area contributed by atoms with Gasteiger partial charge in [0.2, 0.25) is 5.91 Å². The average molecular weight is 261 g/mol. The molecule has 0 unspecified atom stereocenters. The van der Waals surface area contributed by atoms with Crippen LogP contribution in [0.4, 0.5) is 5.82 Å². The Morgan fingerprint density at radius 2 is 2.21 bits per heavy atom. The molecule has 4 heteroatoms. The van der Waals surface area contributed by atoms with Crippen molar-refractivity contribution in [3.05, 3.63) is 23.9 Å². The molecule has 0 saturated carbocycles. The molecule has 0 bridgehead atoms. The summed E-state index contributed by atoms with van der Waals surface area (Å²) in [5.41, 5.74) is 1.13. The second-order valence-electron chi connectivity index (χ2n) is 5.10. The highest BCUT2D eigenvalue weighted by Crippen LogP contribution is 2.18. The summed E-state index contributed by atoms with van der Waals surface area (Å²) in [5, 5.41) is 2.97. The first kappa shape index (κ1) is 13.8. The Balaban J connectivity index is 1.86. The quantitative estimate of drug-likeness (QED) is 0.855. The molecule has 0 aromatic carbocycles. The Morgan fingerprint density at radius 1 is 1.42 bits per heavy atom. The molecule has 4 nitrogen and oxygen atoms in total. The van der Waals surface area contributed by atoms with E-state index in [9.17, 15) is 4.79 Å². The van der Waals surface area contributed by atoms with Gasteiger partial charge in [0, 0.05) is 32.3 Å². The zero-order valence-corrected chi connectivity index (χ0v) is 11.7. The van der Waals surface area contributed by atoms with Crippen LogP contribution in [-0.4, -0.2) is 24.0 Å². The fraction of sp³-hybridized carbons (Fsp3) is 0.600. The van der Waals surface area contributed by atoms with Gasteiger partial charge in [-0.3, -0.25) is 4.79 Å². The lowest BCUT2D eigenvalue weighted by Gasteiger charge is -2.17. The fourth-order valence-corrected chi connectivity index (χ4v) is 2.32. The van der Waals surface area contributed by atoms with Crippen molar-refractivity contribution in [3.8, 4) is 0 Å². The first-order valence-corrected chi connectivity index (χ1v) is 7.26. The van der Waals surface area contributed by atoms with E-state index in [1.54, 1.807) is 0 Å². The smallest absolute Gasteiger partial charge is 0.220 e. The lowest BCUT2D eigenvalue weighted by atomic mass is 10.2. The Morgan fingerprint density at radius 3 is 2.95 bits per heavy atom.